The second-order valence-corrected chi connectivity index (χ2v) is 6.59. The molecule has 0 spiro atoms. The highest BCUT2D eigenvalue weighted by Crippen LogP contribution is 2.23. The van der Waals surface area contributed by atoms with Gasteiger partial charge in [-0.1, -0.05) is 6.92 Å². The quantitative estimate of drug-likeness (QED) is 0.665. The van der Waals surface area contributed by atoms with Crippen LogP contribution in [-0.4, -0.2) is 38.7 Å². The minimum Gasteiger partial charge on any atom is -0.496 e. The highest BCUT2D eigenvalue weighted by atomic mass is 32.2. The van der Waals surface area contributed by atoms with Gasteiger partial charge in [0.25, 0.3) is 5.91 Å². The van der Waals surface area contributed by atoms with E-state index in [1.54, 1.807) is 13.8 Å². The van der Waals surface area contributed by atoms with Crippen molar-refractivity contribution in [3.8, 4) is 5.75 Å². The lowest BCUT2D eigenvalue weighted by atomic mass is 10.0. The monoisotopic (exact) mass is 316 g/mol. The van der Waals surface area contributed by atoms with Gasteiger partial charge in [-0.15, -0.1) is 0 Å². The van der Waals surface area contributed by atoms with E-state index in [-0.39, 0.29) is 22.8 Å². The Morgan fingerprint density at radius 3 is 2.52 bits per heavy atom. The molecular weight excluding hydrogens is 296 g/mol. The van der Waals surface area contributed by atoms with Crippen LogP contribution in [0.5, 0.6) is 5.75 Å². The molecule has 1 unspecified atom stereocenters. The molecule has 0 radical (unpaired) electrons. The first-order valence-electron chi connectivity index (χ1n) is 6.32. The van der Waals surface area contributed by atoms with Crippen molar-refractivity contribution in [1.82, 2.24) is 4.72 Å². The standard InChI is InChI=1S/C13H20N2O5S/c1-4-13(2,8-16)15-21(18,19)9-5-6-11(20-3)10(7-9)12(14)17/h5-7,15-16H,4,8H2,1-3H3,(H2,14,17). The summed E-state index contributed by atoms with van der Waals surface area (Å²) in [7, 11) is -2.54. The first kappa shape index (κ1) is 17.4. The van der Waals surface area contributed by atoms with E-state index in [9.17, 15) is 18.3 Å². The molecule has 8 heteroatoms. The van der Waals surface area contributed by atoms with Crippen LogP contribution in [0.3, 0.4) is 0 Å². The van der Waals surface area contributed by atoms with Crippen molar-refractivity contribution in [2.24, 2.45) is 5.73 Å². The number of amides is 1. The van der Waals surface area contributed by atoms with E-state index in [0.29, 0.717) is 6.42 Å². The number of nitrogens with two attached hydrogens (primary N) is 1. The van der Waals surface area contributed by atoms with Gasteiger partial charge in [0, 0.05) is 0 Å². The summed E-state index contributed by atoms with van der Waals surface area (Å²) in [6, 6.07) is 3.81. The molecule has 7 nitrogen and oxygen atoms in total. The van der Waals surface area contributed by atoms with Gasteiger partial charge in [0.2, 0.25) is 10.0 Å². The molecule has 1 rings (SSSR count). The second kappa shape index (κ2) is 6.42. The van der Waals surface area contributed by atoms with E-state index in [1.807, 2.05) is 0 Å². The normalized spacial score (nSPS) is 14.5. The number of carbonyl (C=O) groups excluding carboxylic acids is 1. The molecule has 0 fully saturated rings. The van der Waals surface area contributed by atoms with Gasteiger partial charge >= 0.3 is 0 Å². The maximum absolute atomic E-state index is 12.3. The molecule has 4 N–H and O–H groups in total. The number of hydrogen-bond donors (Lipinski definition) is 3. The van der Waals surface area contributed by atoms with E-state index >= 15 is 0 Å². The molecule has 0 aromatic heterocycles. The third-order valence-electron chi connectivity index (χ3n) is 3.26. The molecule has 0 aliphatic rings. The minimum atomic E-state index is -3.90. The highest BCUT2D eigenvalue weighted by molar-refractivity contribution is 7.89. The van der Waals surface area contributed by atoms with E-state index in [1.165, 1.54) is 19.2 Å². The number of nitrogens with one attached hydrogen (secondary N) is 1. The number of aliphatic hydroxyl groups is 1. The van der Waals surface area contributed by atoms with Crippen molar-refractivity contribution in [2.75, 3.05) is 13.7 Å². The summed E-state index contributed by atoms with van der Waals surface area (Å²) < 4.78 is 32.0. The van der Waals surface area contributed by atoms with Crippen molar-refractivity contribution in [3.05, 3.63) is 23.8 Å². The van der Waals surface area contributed by atoms with Gasteiger partial charge in [-0.25, -0.2) is 13.1 Å². The fourth-order valence-corrected chi connectivity index (χ4v) is 3.14. The summed E-state index contributed by atoms with van der Waals surface area (Å²) in [6.07, 6.45) is 0.404. The van der Waals surface area contributed by atoms with Crippen LogP contribution in [0.1, 0.15) is 30.6 Å². The van der Waals surface area contributed by atoms with E-state index in [0.717, 1.165) is 6.07 Å². The average molecular weight is 316 g/mol. The number of primary amides is 1. The van der Waals surface area contributed by atoms with E-state index < -0.39 is 21.5 Å². The Labute approximate surface area is 124 Å². The lowest BCUT2D eigenvalue weighted by Crippen LogP contribution is -2.48. The van der Waals surface area contributed by atoms with Gasteiger partial charge < -0.3 is 15.6 Å². The van der Waals surface area contributed by atoms with Crippen molar-refractivity contribution in [2.45, 2.75) is 30.7 Å². The first-order chi connectivity index (χ1) is 9.69. The van der Waals surface area contributed by atoms with E-state index in [2.05, 4.69) is 4.72 Å². The zero-order valence-corrected chi connectivity index (χ0v) is 13.0. The third-order valence-corrected chi connectivity index (χ3v) is 4.89. The summed E-state index contributed by atoms with van der Waals surface area (Å²) >= 11 is 0. The van der Waals surface area contributed by atoms with Crippen molar-refractivity contribution < 1.29 is 23.1 Å². The van der Waals surface area contributed by atoms with Crippen molar-refractivity contribution in [1.29, 1.82) is 0 Å². The lowest BCUT2D eigenvalue weighted by Gasteiger charge is -2.26. The van der Waals surface area contributed by atoms with E-state index in [4.69, 9.17) is 10.5 Å². The number of sulfonamides is 1. The Hall–Kier alpha value is -1.64. The Morgan fingerprint density at radius 2 is 2.10 bits per heavy atom. The molecule has 21 heavy (non-hydrogen) atoms. The second-order valence-electron chi connectivity index (χ2n) is 4.90. The Bertz CT molecular complexity index is 623. The Morgan fingerprint density at radius 1 is 1.48 bits per heavy atom. The van der Waals surface area contributed by atoms with Gasteiger partial charge in [0.05, 0.1) is 29.7 Å². The van der Waals surface area contributed by atoms with Crippen LogP contribution in [0.4, 0.5) is 0 Å². The van der Waals surface area contributed by atoms with Crippen LogP contribution in [-0.2, 0) is 10.0 Å². The Kier molecular flexibility index (Phi) is 5.32. The summed E-state index contributed by atoms with van der Waals surface area (Å²) in [6.45, 7) is 2.99. The highest BCUT2D eigenvalue weighted by Gasteiger charge is 2.29. The molecule has 0 aliphatic carbocycles. The molecule has 0 saturated heterocycles. The predicted molar refractivity (Wildman–Crippen MR) is 77.6 cm³/mol. The Balaban J connectivity index is 3.27. The number of aliphatic hydroxyl groups excluding tert-OH is 1. The van der Waals surface area contributed by atoms with Crippen LogP contribution < -0.4 is 15.2 Å². The van der Waals surface area contributed by atoms with Gasteiger partial charge in [-0.05, 0) is 31.5 Å². The van der Waals surface area contributed by atoms with Crippen LogP contribution in [0, 0.1) is 0 Å². The number of carbonyl (C=O) groups is 1. The smallest absolute Gasteiger partial charge is 0.252 e. The summed E-state index contributed by atoms with van der Waals surface area (Å²) in [4.78, 5) is 11.2. The molecular formula is C13H20N2O5S. The molecule has 0 saturated carbocycles. The molecule has 0 heterocycles. The van der Waals surface area contributed by atoms with Crippen LogP contribution in [0.15, 0.2) is 23.1 Å². The average Bonchev–Trinajstić information content (AvgIpc) is 2.45. The topological polar surface area (TPSA) is 119 Å². The molecule has 118 valence electrons. The van der Waals surface area contributed by atoms with Gasteiger partial charge in [0.1, 0.15) is 5.75 Å². The molecule has 0 aliphatic heterocycles. The molecule has 0 bridgehead atoms. The van der Waals surface area contributed by atoms with Crippen molar-refractivity contribution in [3.63, 3.8) is 0 Å². The van der Waals surface area contributed by atoms with Gasteiger partial charge in [-0.3, -0.25) is 4.79 Å². The van der Waals surface area contributed by atoms with Crippen LogP contribution >= 0.6 is 0 Å². The maximum atomic E-state index is 12.3. The summed E-state index contributed by atoms with van der Waals surface area (Å²) in [5.74, 6) is -0.592. The van der Waals surface area contributed by atoms with Crippen LogP contribution in [0.2, 0.25) is 0 Å². The summed E-state index contributed by atoms with van der Waals surface area (Å²) in [5.41, 5.74) is 4.20. The van der Waals surface area contributed by atoms with Crippen LogP contribution in [0.25, 0.3) is 0 Å². The fourth-order valence-electron chi connectivity index (χ4n) is 1.65. The predicted octanol–water partition coefficient (Wildman–Crippen LogP) is 0.233. The molecule has 1 aromatic carbocycles. The SMILES string of the molecule is CCC(C)(CO)NS(=O)(=O)c1ccc(OC)c(C(N)=O)c1. The number of methoxy groups -OCH3 is 1. The number of ether oxygens (including phenoxy) is 1. The zero-order chi connectivity index (χ0) is 16.3. The van der Waals surface area contributed by atoms with Gasteiger partial charge in [0.15, 0.2) is 0 Å². The zero-order valence-electron chi connectivity index (χ0n) is 12.2. The number of rotatable bonds is 7. The third kappa shape index (κ3) is 3.93. The number of hydrogen-bond acceptors (Lipinski definition) is 5. The molecule has 1 aromatic rings. The lowest BCUT2D eigenvalue weighted by molar-refractivity contribution is 0.0997. The maximum Gasteiger partial charge on any atom is 0.252 e. The van der Waals surface area contributed by atoms with Crippen molar-refractivity contribution >= 4 is 15.9 Å². The largest absolute Gasteiger partial charge is 0.496 e. The minimum absolute atomic E-state index is 0.0254. The summed E-state index contributed by atoms with van der Waals surface area (Å²) in [5, 5.41) is 9.30. The molecule has 1 amide bonds. The van der Waals surface area contributed by atoms with Gasteiger partial charge in [-0.2, -0.15) is 0 Å². The number of benzene rings is 1. The molecule has 1 atom stereocenters. The fraction of sp³-hybridized carbons (Fsp3) is 0.462. The first-order valence-corrected chi connectivity index (χ1v) is 7.80.